The lowest BCUT2D eigenvalue weighted by molar-refractivity contribution is 0.0761. The van der Waals surface area contributed by atoms with Crippen LogP contribution in [0.2, 0.25) is 0 Å². The predicted octanol–water partition coefficient (Wildman–Crippen LogP) is 0.421. The van der Waals surface area contributed by atoms with Crippen LogP contribution in [0.1, 0.15) is 22.3 Å². The van der Waals surface area contributed by atoms with E-state index < -0.39 is 0 Å². The SMILES string of the molecule is Cc1ccc(NN)c(C(=O)N2CCCN(CCO)CC2)c1. The van der Waals surface area contributed by atoms with Crippen LogP contribution in [0.15, 0.2) is 18.2 Å². The fourth-order valence-corrected chi connectivity index (χ4v) is 2.67. The fourth-order valence-electron chi connectivity index (χ4n) is 2.67. The molecule has 0 aliphatic carbocycles. The van der Waals surface area contributed by atoms with Crippen molar-refractivity contribution in [1.29, 1.82) is 0 Å². The highest BCUT2D eigenvalue weighted by molar-refractivity contribution is 5.99. The molecule has 1 aromatic rings. The van der Waals surface area contributed by atoms with E-state index in [-0.39, 0.29) is 12.5 Å². The molecule has 0 bridgehead atoms. The van der Waals surface area contributed by atoms with E-state index in [0.717, 1.165) is 31.6 Å². The number of aryl methyl sites for hydroxylation is 1. The van der Waals surface area contributed by atoms with E-state index in [1.807, 2.05) is 30.0 Å². The Bertz CT molecular complexity index is 493. The van der Waals surface area contributed by atoms with Gasteiger partial charge in [0.2, 0.25) is 0 Å². The number of anilines is 1. The molecule has 4 N–H and O–H groups in total. The van der Waals surface area contributed by atoms with E-state index in [4.69, 9.17) is 10.9 Å². The number of aliphatic hydroxyl groups excluding tert-OH is 1. The first kappa shape index (κ1) is 15.8. The van der Waals surface area contributed by atoms with Crippen molar-refractivity contribution in [1.82, 2.24) is 9.80 Å². The largest absolute Gasteiger partial charge is 0.395 e. The molecule has 0 spiro atoms. The number of aliphatic hydroxyl groups is 1. The Morgan fingerprint density at radius 1 is 1.33 bits per heavy atom. The van der Waals surface area contributed by atoms with Gasteiger partial charge in [0.25, 0.3) is 5.91 Å². The van der Waals surface area contributed by atoms with Crippen molar-refractivity contribution in [2.45, 2.75) is 13.3 Å². The first-order valence-corrected chi connectivity index (χ1v) is 7.35. The molecule has 1 aliphatic heterocycles. The number of nitrogens with two attached hydrogens (primary N) is 1. The highest BCUT2D eigenvalue weighted by Gasteiger charge is 2.22. The summed E-state index contributed by atoms with van der Waals surface area (Å²) in [5, 5.41) is 9.02. The molecule has 6 nitrogen and oxygen atoms in total. The van der Waals surface area contributed by atoms with E-state index in [1.165, 1.54) is 0 Å². The first-order chi connectivity index (χ1) is 10.2. The number of benzene rings is 1. The van der Waals surface area contributed by atoms with E-state index >= 15 is 0 Å². The second-order valence-electron chi connectivity index (χ2n) is 5.40. The fraction of sp³-hybridized carbons (Fsp3) is 0.533. The Morgan fingerprint density at radius 3 is 2.86 bits per heavy atom. The normalized spacial score (nSPS) is 16.6. The number of carbonyl (C=O) groups is 1. The summed E-state index contributed by atoms with van der Waals surface area (Å²) in [7, 11) is 0. The first-order valence-electron chi connectivity index (χ1n) is 7.35. The maximum absolute atomic E-state index is 12.7. The van der Waals surface area contributed by atoms with Gasteiger partial charge >= 0.3 is 0 Å². The topological polar surface area (TPSA) is 81.8 Å². The van der Waals surface area contributed by atoms with Crippen LogP contribution < -0.4 is 11.3 Å². The summed E-state index contributed by atoms with van der Waals surface area (Å²) >= 11 is 0. The lowest BCUT2D eigenvalue weighted by Crippen LogP contribution is -2.36. The average Bonchev–Trinajstić information content (AvgIpc) is 2.72. The predicted molar refractivity (Wildman–Crippen MR) is 83.0 cm³/mol. The van der Waals surface area contributed by atoms with Crippen LogP contribution in [0.3, 0.4) is 0 Å². The number of rotatable bonds is 4. The van der Waals surface area contributed by atoms with Gasteiger partial charge in [-0.25, -0.2) is 0 Å². The molecule has 6 heteroatoms. The van der Waals surface area contributed by atoms with Crippen molar-refractivity contribution >= 4 is 11.6 Å². The molecule has 0 radical (unpaired) electrons. The zero-order valence-electron chi connectivity index (χ0n) is 12.5. The van der Waals surface area contributed by atoms with Crippen molar-refractivity contribution in [2.75, 3.05) is 44.8 Å². The second-order valence-corrected chi connectivity index (χ2v) is 5.40. The van der Waals surface area contributed by atoms with Crippen LogP contribution in [-0.4, -0.2) is 60.1 Å². The van der Waals surface area contributed by atoms with Crippen LogP contribution >= 0.6 is 0 Å². The number of carbonyl (C=O) groups excluding carboxylic acids is 1. The van der Waals surface area contributed by atoms with Crippen LogP contribution in [0, 0.1) is 6.92 Å². The van der Waals surface area contributed by atoms with Crippen LogP contribution in [-0.2, 0) is 0 Å². The van der Waals surface area contributed by atoms with Gasteiger partial charge in [0.1, 0.15) is 0 Å². The molecule has 1 fully saturated rings. The van der Waals surface area contributed by atoms with Crippen LogP contribution in [0.25, 0.3) is 0 Å². The summed E-state index contributed by atoms with van der Waals surface area (Å²) in [6.45, 7) is 5.91. The molecule has 116 valence electrons. The summed E-state index contributed by atoms with van der Waals surface area (Å²) in [4.78, 5) is 16.8. The standard InChI is InChI=1S/C15H24N4O2/c1-12-3-4-14(17-16)13(11-12)15(21)19-6-2-5-18(7-8-19)9-10-20/h3-4,11,17,20H,2,5-10,16H2,1H3. The molecule has 1 heterocycles. The van der Waals surface area contributed by atoms with Gasteiger partial charge in [-0.05, 0) is 32.0 Å². The lowest BCUT2D eigenvalue weighted by atomic mass is 10.1. The maximum Gasteiger partial charge on any atom is 0.256 e. The van der Waals surface area contributed by atoms with Crippen molar-refractivity contribution in [3.05, 3.63) is 29.3 Å². The number of amides is 1. The minimum absolute atomic E-state index is 0.0116. The van der Waals surface area contributed by atoms with Gasteiger partial charge in [0, 0.05) is 26.2 Å². The third-order valence-corrected chi connectivity index (χ3v) is 3.85. The van der Waals surface area contributed by atoms with E-state index in [2.05, 4.69) is 10.3 Å². The summed E-state index contributed by atoms with van der Waals surface area (Å²) in [5.41, 5.74) is 4.91. The molecule has 21 heavy (non-hydrogen) atoms. The number of nitrogen functional groups attached to an aromatic ring is 1. The van der Waals surface area contributed by atoms with Crippen LogP contribution in [0.5, 0.6) is 0 Å². The smallest absolute Gasteiger partial charge is 0.256 e. The third-order valence-electron chi connectivity index (χ3n) is 3.85. The van der Waals surface area contributed by atoms with E-state index in [1.54, 1.807) is 0 Å². The Balaban J connectivity index is 2.11. The number of hydrogen-bond donors (Lipinski definition) is 3. The van der Waals surface area contributed by atoms with Gasteiger partial charge < -0.3 is 15.4 Å². The van der Waals surface area contributed by atoms with Crippen molar-refractivity contribution in [3.8, 4) is 0 Å². The summed E-state index contributed by atoms with van der Waals surface area (Å²) in [6, 6.07) is 5.63. The molecule has 2 rings (SSSR count). The quantitative estimate of drug-likeness (QED) is 0.553. The molecule has 0 atom stereocenters. The summed E-state index contributed by atoms with van der Waals surface area (Å²) in [6.07, 6.45) is 0.920. The minimum atomic E-state index is 0.0116. The van der Waals surface area contributed by atoms with Crippen LogP contribution in [0.4, 0.5) is 5.69 Å². The summed E-state index contributed by atoms with van der Waals surface area (Å²) in [5.74, 6) is 5.52. The van der Waals surface area contributed by atoms with Crippen molar-refractivity contribution in [2.24, 2.45) is 5.84 Å². The Kier molecular flexibility index (Phi) is 5.55. The number of nitrogens with zero attached hydrogens (tertiary/aromatic N) is 2. The molecular weight excluding hydrogens is 268 g/mol. The molecule has 1 saturated heterocycles. The highest BCUT2D eigenvalue weighted by atomic mass is 16.3. The van der Waals surface area contributed by atoms with E-state index in [9.17, 15) is 4.79 Å². The molecule has 1 aliphatic rings. The van der Waals surface area contributed by atoms with Gasteiger partial charge in [0.15, 0.2) is 0 Å². The minimum Gasteiger partial charge on any atom is -0.395 e. The van der Waals surface area contributed by atoms with Gasteiger partial charge in [-0.15, -0.1) is 0 Å². The van der Waals surface area contributed by atoms with Crippen molar-refractivity contribution < 1.29 is 9.90 Å². The molecule has 0 aromatic heterocycles. The van der Waals surface area contributed by atoms with Gasteiger partial charge in [-0.1, -0.05) is 11.6 Å². The molecule has 1 aromatic carbocycles. The Morgan fingerprint density at radius 2 is 2.14 bits per heavy atom. The summed E-state index contributed by atoms with van der Waals surface area (Å²) < 4.78 is 0. The molecule has 0 saturated carbocycles. The third kappa shape index (κ3) is 3.93. The zero-order valence-corrected chi connectivity index (χ0v) is 12.5. The number of nitrogens with one attached hydrogen (secondary N) is 1. The molecular formula is C15H24N4O2. The average molecular weight is 292 g/mol. The highest BCUT2D eigenvalue weighted by Crippen LogP contribution is 2.19. The zero-order chi connectivity index (χ0) is 15.2. The Hall–Kier alpha value is -1.63. The molecule has 0 unspecified atom stereocenters. The Labute approximate surface area is 125 Å². The van der Waals surface area contributed by atoms with Gasteiger partial charge in [-0.3, -0.25) is 15.5 Å². The molecule has 1 amide bonds. The van der Waals surface area contributed by atoms with Crippen molar-refractivity contribution in [3.63, 3.8) is 0 Å². The number of hydrazine groups is 1. The number of hydrogen-bond acceptors (Lipinski definition) is 5. The maximum atomic E-state index is 12.7. The monoisotopic (exact) mass is 292 g/mol. The second kappa shape index (κ2) is 7.40. The van der Waals surface area contributed by atoms with Gasteiger partial charge in [0.05, 0.1) is 17.9 Å². The van der Waals surface area contributed by atoms with Gasteiger partial charge in [-0.2, -0.15) is 0 Å². The lowest BCUT2D eigenvalue weighted by Gasteiger charge is -2.22. The van der Waals surface area contributed by atoms with E-state index in [0.29, 0.717) is 24.3 Å². The number of β-amino-alcohol motifs (C(OH)–C–C–N with tert-alkyl or cyclic N) is 1.